The van der Waals surface area contributed by atoms with E-state index in [0.717, 1.165) is 4.88 Å². The lowest BCUT2D eigenvalue weighted by atomic mass is 10.2. The molecule has 0 saturated heterocycles. The first-order chi connectivity index (χ1) is 22.0. The van der Waals surface area contributed by atoms with Gasteiger partial charge in [-0.25, -0.2) is 18.0 Å². The smallest absolute Gasteiger partial charge is 0.427 e. The van der Waals surface area contributed by atoms with Crippen LogP contribution in [0.1, 0.15) is 83.3 Å². The summed E-state index contributed by atoms with van der Waals surface area (Å²) in [7, 11) is -4.09. The molecule has 2 aromatic rings. The summed E-state index contributed by atoms with van der Waals surface area (Å²) in [6, 6.07) is 9.52. The molecule has 0 aliphatic carbocycles. The molecule has 14 nitrogen and oxygen atoms in total. The van der Waals surface area contributed by atoms with Crippen molar-refractivity contribution in [3.63, 3.8) is 0 Å². The molecule has 0 fully saturated rings. The number of nitrogens with zero attached hydrogens (tertiary/aromatic N) is 2. The molecule has 4 N–H and O–H groups in total. The van der Waals surface area contributed by atoms with Gasteiger partial charge in [0.2, 0.25) is 16.0 Å². The number of hydrogen-bond acceptors (Lipinski definition) is 11. The van der Waals surface area contributed by atoms with Gasteiger partial charge in [-0.15, -0.1) is 16.2 Å². The Kier molecular flexibility index (Phi) is 13.7. The van der Waals surface area contributed by atoms with Gasteiger partial charge in [0.1, 0.15) is 22.8 Å². The molecule has 0 unspecified atom stereocenters. The highest BCUT2D eigenvalue weighted by Gasteiger charge is 2.34. The molecule has 1 aromatic heterocycles. The van der Waals surface area contributed by atoms with Crippen LogP contribution in [0.3, 0.4) is 0 Å². The zero-order chi connectivity index (χ0) is 36.5. The van der Waals surface area contributed by atoms with E-state index in [4.69, 9.17) is 19.9 Å². The van der Waals surface area contributed by atoms with Gasteiger partial charge in [-0.1, -0.05) is 18.2 Å². The van der Waals surface area contributed by atoms with Crippen LogP contribution in [0.25, 0.3) is 0 Å². The van der Waals surface area contributed by atoms with E-state index in [1.807, 2.05) is 0 Å². The summed E-state index contributed by atoms with van der Waals surface area (Å²) in [5.41, 5.74) is 3.33. The predicted octanol–water partition coefficient (Wildman–Crippen LogP) is 4.59. The Morgan fingerprint density at radius 1 is 0.854 bits per heavy atom. The van der Waals surface area contributed by atoms with Gasteiger partial charge in [0.05, 0.1) is 9.77 Å². The number of nitrogens with one attached hydrogen (secondary N) is 2. The summed E-state index contributed by atoms with van der Waals surface area (Å²) in [4.78, 5) is 57.1. The molecule has 1 aromatic carbocycles. The van der Waals surface area contributed by atoms with Gasteiger partial charge in [0, 0.05) is 18.0 Å². The van der Waals surface area contributed by atoms with Gasteiger partial charge in [0.15, 0.2) is 0 Å². The minimum absolute atomic E-state index is 0.0405. The minimum atomic E-state index is -4.09. The lowest BCUT2D eigenvalue weighted by Gasteiger charge is -2.27. The summed E-state index contributed by atoms with van der Waals surface area (Å²) in [6.45, 7) is 14.6. The van der Waals surface area contributed by atoms with Crippen molar-refractivity contribution in [3.05, 3.63) is 52.2 Å². The topological polar surface area (TPSA) is 196 Å². The van der Waals surface area contributed by atoms with Crippen LogP contribution in [0.2, 0.25) is 0 Å². The lowest BCUT2D eigenvalue weighted by molar-refractivity contribution is -0.156. The SMILES string of the molecule is CC(C)(C)OC(=O)[C@H](CNC(=O)c1ccc(CCCN=C(N)N(C(=O)OC(C)(C)C)C(=O)OC(C)(C)C)s1)NS(=O)(=O)c1ccccc1. The van der Waals surface area contributed by atoms with E-state index in [1.54, 1.807) is 92.6 Å². The van der Waals surface area contributed by atoms with Crippen molar-refractivity contribution in [1.29, 1.82) is 0 Å². The van der Waals surface area contributed by atoms with E-state index in [1.165, 1.54) is 23.5 Å². The number of hydrogen-bond donors (Lipinski definition) is 3. The molecule has 1 heterocycles. The van der Waals surface area contributed by atoms with Gasteiger partial charge in [-0.2, -0.15) is 4.72 Å². The van der Waals surface area contributed by atoms with Crippen molar-refractivity contribution in [3.8, 4) is 0 Å². The molecule has 16 heteroatoms. The van der Waals surface area contributed by atoms with E-state index >= 15 is 0 Å². The Morgan fingerprint density at radius 3 is 1.92 bits per heavy atom. The van der Waals surface area contributed by atoms with E-state index in [9.17, 15) is 27.6 Å². The molecule has 1 atom stereocenters. The maximum atomic E-state index is 13.0. The third-order valence-electron chi connectivity index (χ3n) is 5.63. The fourth-order valence-corrected chi connectivity index (χ4v) is 5.88. The largest absolute Gasteiger partial charge is 0.459 e. The van der Waals surface area contributed by atoms with Crippen LogP contribution in [0.4, 0.5) is 9.59 Å². The highest BCUT2D eigenvalue weighted by molar-refractivity contribution is 7.89. The molecule has 0 radical (unpaired) electrons. The van der Waals surface area contributed by atoms with Gasteiger partial charge in [0.25, 0.3) is 5.91 Å². The molecule has 3 amide bonds. The zero-order valence-electron chi connectivity index (χ0n) is 28.9. The molecule has 0 aliphatic rings. The zero-order valence-corrected chi connectivity index (χ0v) is 30.5. The van der Waals surface area contributed by atoms with Crippen LogP contribution >= 0.6 is 11.3 Å². The summed E-state index contributed by atoms with van der Waals surface area (Å²) in [5.74, 6) is -1.73. The molecule has 0 bridgehead atoms. The van der Waals surface area contributed by atoms with Crippen LogP contribution in [-0.2, 0) is 35.4 Å². The summed E-state index contributed by atoms with van der Waals surface area (Å²) in [6.07, 6.45) is -1.09. The number of aliphatic imine (C=N–C) groups is 1. The molecule has 0 saturated carbocycles. The number of imide groups is 1. The first kappa shape index (κ1) is 40.2. The third-order valence-corrected chi connectivity index (χ3v) is 8.26. The van der Waals surface area contributed by atoms with Crippen molar-refractivity contribution >= 4 is 51.4 Å². The van der Waals surface area contributed by atoms with Crippen LogP contribution < -0.4 is 15.8 Å². The average molecular weight is 710 g/mol. The molecule has 266 valence electrons. The number of rotatable bonds is 11. The van der Waals surface area contributed by atoms with Gasteiger partial charge < -0.3 is 25.3 Å². The second-order valence-electron chi connectivity index (χ2n) is 13.6. The Bertz CT molecular complexity index is 1540. The van der Waals surface area contributed by atoms with Crippen molar-refractivity contribution < 1.29 is 41.8 Å². The molecule has 0 aliphatic heterocycles. The molecule has 2 rings (SSSR count). The second kappa shape index (κ2) is 16.4. The number of sulfonamides is 1. The monoisotopic (exact) mass is 709 g/mol. The number of thiophene rings is 1. The fourth-order valence-electron chi connectivity index (χ4n) is 3.71. The highest BCUT2D eigenvalue weighted by Crippen LogP contribution is 2.19. The summed E-state index contributed by atoms with van der Waals surface area (Å²) < 4.78 is 44.2. The minimum Gasteiger partial charge on any atom is -0.459 e. The number of carbonyl (C=O) groups is 4. The Labute approximate surface area is 286 Å². The van der Waals surface area contributed by atoms with Crippen LogP contribution in [-0.4, -0.2) is 79.3 Å². The number of benzene rings is 1. The standard InChI is InChI=1S/C32H47N5O9S2/c1-30(2,3)44-26(39)23(36-48(42,43)22-15-11-10-12-16-22)20-35-25(38)24-18-17-21(47-24)14-13-19-34-27(33)37(28(40)45-31(4,5)6)29(41)46-32(7,8)9/h10-12,15-18,23,36H,13-14,19-20H2,1-9H3,(H2,33,34)(H,35,38)/t23-/m0/s1. The quantitative estimate of drug-likeness (QED) is 0.0976. The predicted molar refractivity (Wildman–Crippen MR) is 182 cm³/mol. The number of ether oxygens (including phenoxy) is 3. The Hall–Kier alpha value is -4.02. The highest BCUT2D eigenvalue weighted by atomic mass is 32.2. The van der Waals surface area contributed by atoms with E-state index in [-0.39, 0.29) is 23.9 Å². The number of carbonyl (C=O) groups excluding carboxylic acids is 4. The normalized spacial score (nSPS) is 13.3. The maximum absolute atomic E-state index is 13.0. The van der Waals surface area contributed by atoms with Crippen molar-refractivity contribution in [2.24, 2.45) is 10.7 Å². The Balaban J connectivity index is 2.06. The third kappa shape index (κ3) is 14.0. The number of guanidine groups is 1. The Morgan fingerprint density at radius 2 is 1.40 bits per heavy atom. The summed E-state index contributed by atoms with van der Waals surface area (Å²) >= 11 is 1.20. The van der Waals surface area contributed by atoms with Crippen LogP contribution in [0.5, 0.6) is 0 Å². The molecule has 0 spiro atoms. The number of esters is 1. The molecular formula is C32H47N5O9S2. The molecular weight excluding hydrogens is 663 g/mol. The number of nitrogens with two attached hydrogens (primary N) is 1. The first-order valence-corrected chi connectivity index (χ1v) is 17.5. The van der Waals surface area contributed by atoms with Gasteiger partial charge in [-0.3, -0.25) is 14.6 Å². The first-order valence-electron chi connectivity index (χ1n) is 15.2. The van der Waals surface area contributed by atoms with Crippen molar-refractivity contribution in [2.45, 2.75) is 103 Å². The van der Waals surface area contributed by atoms with E-state index in [0.29, 0.717) is 22.6 Å². The van der Waals surface area contributed by atoms with E-state index in [2.05, 4.69) is 15.0 Å². The van der Waals surface area contributed by atoms with Crippen molar-refractivity contribution in [2.75, 3.05) is 13.1 Å². The van der Waals surface area contributed by atoms with E-state index < -0.39 is 56.9 Å². The lowest BCUT2D eigenvalue weighted by Crippen LogP contribution is -2.50. The summed E-state index contributed by atoms with van der Waals surface area (Å²) in [5, 5.41) is 2.61. The van der Waals surface area contributed by atoms with Gasteiger partial charge >= 0.3 is 18.2 Å². The second-order valence-corrected chi connectivity index (χ2v) is 16.5. The average Bonchev–Trinajstić information content (AvgIpc) is 3.40. The molecule has 48 heavy (non-hydrogen) atoms. The maximum Gasteiger partial charge on any atom is 0.427 e. The van der Waals surface area contributed by atoms with Crippen LogP contribution in [0.15, 0.2) is 52.4 Å². The fraction of sp³-hybridized carbons (Fsp3) is 0.531. The van der Waals surface area contributed by atoms with Crippen molar-refractivity contribution in [1.82, 2.24) is 14.9 Å². The van der Waals surface area contributed by atoms with Crippen LogP contribution in [0, 0.1) is 0 Å². The number of amides is 3. The number of aryl methyl sites for hydroxylation is 1. The van der Waals surface area contributed by atoms with Gasteiger partial charge in [-0.05, 0) is 99.4 Å².